The first-order valence-corrected chi connectivity index (χ1v) is 8.92. The molecule has 0 aliphatic rings. The van der Waals surface area contributed by atoms with Crippen LogP contribution in [0.2, 0.25) is 5.02 Å². The zero-order valence-electron chi connectivity index (χ0n) is 14.8. The van der Waals surface area contributed by atoms with E-state index in [9.17, 15) is 9.90 Å². The molecule has 3 aromatic rings. The molecule has 0 radical (unpaired) electrons. The average Bonchev–Trinajstić information content (AvgIpc) is 2.97. The van der Waals surface area contributed by atoms with Crippen LogP contribution >= 0.6 is 11.6 Å². The number of carbonyl (C=O) groups is 1. The highest BCUT2D eigenvalue weighted by Gasteiger charge is 2.18. The minimum absolute atomic E-state index is 0.0678. The molecule has 0 spiro atoms. The molecule has 0 fully saturated rings. The summed E-state index contributed by atoms with van der Waals surface area (Å²) < 4.78 is 1.86. The Hall–Kier alpha value is -2.44. The molecule has 3 rings (SSSR count). The van der Waals surface area contributed by atoms with Crippen molar-refractivity contribution in [2.45, 2.75) is 13.3 Å². The van der Waals surface area contributed by atoms with Gasteiger partial charge in [0.2, 0.25) is 0 Å². The van der Waals surface area contributed by atoms with Gasteiger partial charge in [0.15, 0.2) is 5.65 Å². The number of aliphatic hydroxyl groups excluding tert-OH is 1. The highest BCUT2D eigenvalue weighted by molar-refractivity contribution is 6.33. The number of aliphatic hydroxyl groups is 1. The fraction of sp³-hybridized carbons (Fsp3) is 0.316. The summed E-state index contributed by atoms with van der Waals surface area (Å²) in [7, 11) is 1.87. The number of hydrogen-bond donors (Lipinski definition) is 1. The second-order valence-corrected chi connectivity index (χ2v) is 6.46. The number of halogens is 1. The van der Waals surface area contributed by atoms with Gasteiger partial charge >= 0.3 is 0 Å². The second kappa shape index (κ2) is 7.85. The van der Waals surface area contributed by atoms with E-state index in [1.807, 2.05) is 42.8 Å². The molecule has 0 saturated heterocycles. The van der Waals surface area contributed by atoms with E-state index in [1.165, 1.54) is 0 Å². The zero-order chi connectivity index (χ0) is 18.7. The molecule has 0 saturated carbocycles. The van der Waals surface area contributed by atoms with Gasteiger partial charge in [0.1, 0.15) is 11.3 Å². The summed E-state index contributed by atoms with van der Waals surface area (Å²) in [5.74, 6) is 0.545. The van der Waals surface area contributed by atoms with Crippen LogP contribution in [0.25, 0.3) is 22.6 Å². The Bertz CT molecular complexity index is 932. The van der Waals surface area contributed by atoms with Gasteiger partial charge in [-0.1, -0.05) is 30.7 Å². The van der Waals surface area contributed by atoms with Crippen molar-refractivity contribution in [3.63, 3.8) is 0 Å². The van der Waals surface area contributed by atoms with Crippen LogP contribution in [0.5, 0.6) is 0 Å². The molecule has 1 N–H and O–H groups in total. The number of amides is 1. The Kier molecular flexibility index (Phi) is 5.54. The number of benzene rings is 1. The van der Waals surface area contributed by atoms with Gasteiger partial charge in [0, 0.05) is 31.9 Å². The first-order chi connectivity index (χ1) is 12.6. The lowest BCUT2D eigenvalue weighted by atomic mass is 10.2. The summed E-state index contributed by atoms with van der Waals surface area (Å²) in [6.45, 7) is 2.82. The maximum absolute atomic E-state index is 12.7. The molecule has 0 aliphatic carbocycles. The fourth-order valence-electron chi connectivity index (χ4n) is 2.96. The summed E-state index contributed by atoms with van der Waals surface area (Å²) >= 11 is 6.29. The van der Waals surface area contributed by atoms with Gasteiger partial charge in [0.05, 0.1) is 17.2 Å². The molecule has 7 heteroatoms. The number of nitrogens with zero attached hydrogens (tertiary/aromatic N) is 4. The molecule has 0 bridgehead atoms. The van der Waals surface area contributed by atoms with Gasteiger partial charge in [-0.25, -0.2) is 9.97 Å². The van der Waals surface area contributed by atoms with E-state index < -0.39 is 0 Å². The van der Waals surface area contributed by atoms with Crippen LogP contribution in [0.4, 0.5) is 0 Å². The van der Waals surface area contributed by atoms with Gasteiger partial charge in [-0.15, -0.1) is 0 Å². The maximum atomic E-state index is 12.7. The highest BCUT2D eigenvalue weighted by Crippen LogP contribution is 2.29. The Morgan fingerprint density at radius 3 is 2.77 bits per heavy atom. The van der Waals surface area contributed by atoms with Crippen LogP contribution < -0.4 is 0 Å². The Morgan fingerprint density at radius 2 is 2.08 bits per heavy atom. The lowest BCUT2D eigenvalue weighted by Crippen LogP contribution is -2.34. The van der Waals surface area contributed by atoms with Crippen molar-refractivity contribution in [2.75, 3.05) is 19.7 Å². The number of fused-ring (bicyclic) bond motifs is 1. The van der Waals surface area contributed by atoms with E-state index in [-0.39, 0.29) is 12.5 Å². The van der Waals surface area contributed by atoms with Gasteiger partial charge in [-0.2, -0.15) is 0 Å². The summed E-state index contributed by atoms with van der Waals surface area (Å²) in [6.07, 6.45) is 2.38. The van der Waals surface area contributed by atoms with Gasteiger partial charge in [0.25, 0.3) is 5.91 Å². The summed E-state index contributed by atoms with van der Waals surface area (Å²) in [4.78, 5) is 23.4. The SMILES string of the molecule is CCCN(CCO)C(=O)c1cnc2c(c1)nc(-c1ccccc1Cl)n2C. The summed E-state index contributed by atoms with van der Waals surface area (Å²) in [5.41, 5.74) is 2.59. The number of aromatic nitrogens is 3. The van der Waals surface area contributed by atoms with Crippen molar-refractivity contribution in [2.24, 2.45) is 7.05 Å². The Labute approximate surface area is 157 Å². The molecule has 0 unspecified atom stereocenters. The molecular formula is C19H21ClN4O2. The smallest absolute Gasteiger partial charge is 0.255 e. The van der Waals surface area contributed by atoms with E-state index in [0.717, 1.165) is 12.0 Å². The predicted molar refractivity (Wildman–Crippen MR) is 102 cm³/mol. The van der Waals surface area contributed by atoms with E-state index in [2.05, 4.69) is 9.97 Å². The fourth-order valence-corrected chi connectivity index (χ4v) is 3.18. The van der Waals surface area contributed by atoms with Gasteiger partial charge in [-0.05, 0) is 24.6 Å². The standard InChI is InChI=1S/C19H21ClN4O2/c1-3-8-24(9-10-25)19(26)13-11-16-18(21-12-13)23(2)17(22-16)14-6-4-5-7-15(14)20/h4-7,11-12,25H,3,8-10H2,1-2H3. The van der Waals surface area contributed by atoms with Crippen LogP contribution in [0.1, 0.15) is 23.7 Å². The Morgan fingerprint density at radius 1 is 1.31 bits per heavy atom. The van der Waals surface area contributed by atoms with Crippen molar-refractivity contribution in [3.8, 4) is 11.4 Å². The molecule has 26 heavy (non-hydrogen) atoms. The topological polar surface area (TPSA) is 71.2 Å². The van der Waals surface area contributed by atoms with Gasteiger partial charge < -0.3 is 14.6 Å². The lowest BCUT2D eigenvalue weighted by Gasteiger charge is -2.20. The van der Waals surface area contributed by atoms with Crippen LogP contribution in [-0.2, 0) is 7.05 Å². The van der Waals surface area contributed by atoms with Crippen molar-refractivity contribution in [1.82, 2.24) is 19.4 Å². The molecular weight excluding hydrogens is 352 g/mol. The van der Waals surface area contributed by atoms with E-state index >= 15 is 0 Å². The van der Waals surface area contributed by atoms with E-state index in [0.29, 0.717) is 40.7 Å². The molecule has 1 amide bonds. The normalized spacial score (nSPS) is 11.1. The molecule has 0 atom stereocenters. The number of imidazole rings is 1. The largest absolute Gasteiger partial charge is 0.395 e. The lowest BCUT2D eigenvalue weighted by molar-refractivity contribution is 0.0721. The van der Waals surface area contributed by atoms with Crippen LogP contribution in [0.3, 0.4) is 0 Å². The number of aryl methyl sites for hydroxylation is 1. The van der Waals surface area contributed by atoms with Gasteiger partial charge in [-0.3, -0.25) is 4.79 Å². The summed E-state index contributed by atoms with van der Waals surface area (Å²) in [5, 5.41) is 9.80. The Balaban J connectivity index is 2.02. The number of pyridine rings is 1. The maximum Gasteiger partial charge on any atom is 0.255 e. The molecule has 1 aromatic carbocycles. The minimum atomic E-state index is -0.153. The highest BCUT2D eigenvalue weighted by atomic mass is 35.5. The first kappa shape index (κ1) is 18.4. The molecule has 0 aliphatic heterocycles. The predicted octanol–water partition coefficient (Wildman–Crippen LogP) is 3.13. The zero-order valence-corrected chi connectivity index (χ0v) is 15.6. The van der Waals surface area contributed by atoms with Crippen LogP contribution in [0.15, 0.2) is 36.5 Å². The second-order valence-electron chi connectivity index (χ2n) is 6.06. The number of hydrogen-bond acceptors (Lipinski definition) is 4. The molecule has 136 valence electrons. The minimum Gasteiger partial charge on any atom is -0.395 e. The molecule has 6 nitrogen and oxygen atoms in total. The van der Waals surface area contributed by atoms with Crippen molar-refractivity contribution in [3.05, 3.63) is 47.1 Å². The third-order valence-electron chi connectivity index (χ3n) is 4.22. The summed E-state index contributed by atoms with van der Waals surface area (Å²) in [6, 6.07) is 9.23. The molecule has 2 heterocycles. The quantitative estimate of drug-likeness (QED) is 0.721. The third kappa shape index (κ3) is 3.43. The third-order valence-corrected chi connectivity index (χ3v) is 4.55. The van der Waals surface area contributed by atoms with Crippen molar-refractivity contribution in [1.29, 1.82) is 0 Å². The number of carbonyl (C=O) groups excluding carboxylic acids is 1. The van der Waals surface area contributed by atoms with E-state index in [1.54, 1.807) is 17.2 Å². The monoisotopic (exact) mass is 372 g/mol. The van der Waals surface area contributed by atoms with Crippen LogP contribution in [-0.4, -0.2) is 50.1 Å². The van der Waals surface area contributed by atoms with Crippen LogP contribution in [0, 0.1) is 0 Å². The van der Waals surface area contributed by atoms with Crippen molar-refractivity contribution < 1.29 is 9.90 Å². The van der Waals surface area contributed by atoms with E-state index in [4.69, 9.17) is 11.6 Å². The first-order valence-electron chi connectivity index (χ1n) is 8.54. The number of rotatable bonds is 6. The average molecular weight is 373 g/mol. The van der Waals surface area contributed by atoms with Crippen molar-refractivity contribution >= 4 is 28.7 Å². The molecule has 2 aromatic heterocycles.